The lowest BCUT2D eigenvalue weighted by atomic mass is 10.2. The molecule has 3 heteroatoms. The van der Waals surface area contributed by atoms with Crippen LogP contribution in [-0.2, 0) is 4.74 Å². The van der Waals surface area contributed by atoms with Gasteiger partial charge in [-0.3, -0.25) is 4.98 Å². The van der Waals surface area contributed by atoms with Crippen molar-refractivity contribution in [1.29, 1.82) is 0 Å². The molecule has 0 spiro atoms. The maximum Gasteiger partial charge on any atom is 0.0661 e. The summed E-state index contributed by atoms with van der Waals surface area (Å²) in [5, 5.41) is 3.32. The maximum atomic E-state index is 5.03. The molecule has 0 amide bonds. The summed E-state index contributed by atoms with van der Waals surface area (Å²) in [6.45, 7) is 4.84. The van der Waals surface area contributed by atoms with Crippen LogP contribution >= 0.6 is 0 Å². The fraction of sp³-hybridized carbons (Fsp3) is 0.500. The minimum atomic E-state index is 0.313. The lowest BCUT2D eigenvalue weighted by Crippen LogP contribution is -2.21. The van der Waals surface area contributed by atoms with Gasteiger partial charge in [-0.2, -0.15) is 0 Å². The molecular weight excluding hydrogens is 164 g/mol. The number of aryl methyl sites for hydroxylation is 1. The molecule has 0 bridgehead atoms. The lowest BCUT2D eigenvalue weighted by Gasteiger charge is -2.15. The molecule has 0 aliphatic carbocycles. The van der Waals surface area contributed by atoms with E-state index in [2.05, 4.69) is 24.1 Å². The summed E-state index contributed by atoms with van der Waals surface area (Å²) in [6.07, 6.45) is 3.63. The molecule has 0 saturated carbocycles. The predicted octanol–water partition coefficient (Wildman–Crippen LogP) is 1.84. The third-order valence-corrected chi connectivity index (χ3v) is 1.86. The van der Waals surface area contributed by atoms with Crippen molar-refractivity contribution in [2.24, 2.45) is 0 Å². The van der Waals surface area contributed by atoms with Gasteiger partial charge in [0.2, 0.25) is 0 Å². The minimum absolute atomic E-state index is 0.313. The van der Waals surface area contributed by atoms with E-state index in [4.69, 9.17) is 4.74 Å². The highest BCUT2D eigenvalue weighted by Crippen LogP contribution is 2.12. The molecule has 1 atom stereocenters. The number of rotatable bonds is 4. The van der Waals surface area contributed by atoms with Crippen LogP contribution in [0.4, 0.5) is 5.69 Å². The smallest absolute Gasteiger partial charge is 0.0661 e. The maximum absolute atomic E-state index is 5.03. The number of nitrogens with zero attached hydrogens (tertiary/aromatic N) is 1. The van der Waals surface area contributed by atoms with Gasteiger partial charge in [0.05, 0.1) is 18.5 Å². The van der Waals surface area contributed by atoms with E-state index in [1.54, 1.807) is 13.3 Å². The second-order valence-corrected chi connectivity index (χ2v) is 3.19. The number of aromatic nitrogens is 1. The van der Waals surface area contributed by atoms with Crippen molar-refractivity contribution < 1.29 is 4.74 Å². The third kappa shape index (κ3) is 3.03. The van der Waals surface area contributed by atoms with Gasteiger partial charge in [-0.1, -0.05) is 0 Å². The first kappa shape index (κ1) is 9.99. The van der Waals surface area contributed by atoms with Gasteiger partial charge < -0.3 is 10.1 Å². The Morgan fingerprint density at radius 3 is 3.00 bits per heavy atom. The van der Waals surface area contributed by atoms with Crippen molar-refractivity contribution in [1.82, 2.24) is 4.98 Å². The van der Waals surface area contributed by atoms with Crippen LogP contribution in [0.15, 0.2) is 18.5 Å². The second-order valence-electron chi connectivity index (χ2n) is 3.19. The highest BCUT2D eigenvalue weighted by molar-refractivity contribution is 5.48. The van der Waals surface area contributed by atoms with E-state index in [-0.39, 0.29) is 0 Å². The van der Waals surface area contributed by atoms with Crippen molar-refractivity contribution in [3.63, 3.8) is 0 Å². The summed E-state index contributed by atoms with van der Waals surface area (Å²) in [7, 11) is 1.70. The van der Waals surface area contributed by atoms with Gasteiger partial charge in [0.1, 0.15) is 0 Å². The van der Waals surface area contributed by atoms with Gasteiger partial charge in [0.25, 0.3) is 0 Å². The monoisotopic (exact) mass is 180 g/mol. The molecule has 1 N–H and O–H groups in total. The number of ether oxygens (including phenoxy) is 1. The summed E-state index contributed by atoms with van der Waals surface area (Å²) in [5.74, 6) is 0. The quantitative estimate of drug-likeness (QED) is 0.767. The Hall–Kier alpha value is -1.09. The van der Waals surface area contributed by atoms with E-state index in [9.17, 15) is 0 Å². The molecule has 0 radical (unpaired) electrons. The van der Waals surface area contributed by atoms with Crippen molar-refractivity contribution in [3.8, 4) is 0 Å². The fourth-order valence-corrected chi connectivity index (χ4v) is 1.17. The molecule has 3 nitrogen and oxygen atoms in total. The first-order valence-corrected chi connectivity index (χ1v) is 4.40. The zero-order valence-corrected chi connectivity index (χ0v) is 8.37. The number of methoxy groups -OCH3 is 1. The molecule has 1 aromatic heterocycles. The molecule has 0 fully saturated rings. The van der Waals surface area contributed by atoms with Crippen molar-refractivity contribution >= 4 is 5.69 Å². The van der Waals surface area contributed by atoms with Crippen LogP contribution in [0.5, 0.6) is 0 Å². The Morgan fingerprint density at radius 1 is 1.62 bits per heavy atom. The van der Waals surface area contributed by atoms with Crippen LogP contribution in [0.1, 0.15) is 12.5 Å². The second kappa shape index (κ2) is 4.82. The Balaban J connectivity index is 2.58. The Bertz CT molecular complexity index is 263. The van der Waals surface area contributed by atoms with Crippen LogP contribution in [0, 0.1) is 6.92 Å². The largest absolute Gasteiger partial charge is 0.383 e. The molecule has 13 heavy (non-hydrogen) atoms. The molecule has 1 heterocycles. The first-order chi connectivity index (χ1) is 6.24. The average molecular weight is 180 g/mol. The van der Waals surface area contributed by atoms with Crippen molar-refractivity contribution in [3.05, 3.63) is 24.0 Å². The zero-order chi connectivity index (χ0) is 9.68. The van der Waals surface area contributed by atoms with E-state index in [0.29, 0.717) is 12.6 Å². The van der Waals surface area contributed by atoms with E-state index in [1.165, 1.54) is 5.56 Å². The van der Waals surface area contributed by atoms with Gasteiger partial charge in [-0.15, -0.1) is 0 Å². The average Bonchev–Trinajstić information content (AvgIpc) is 2.09. The molecule has 0 saturated heterocycles. The molecular formula is C10H16N2O. The summed E-state index contributed by atoms with van der Waals surface area (Å²) >= 11 is 0. The Kier molecular flexibility index (Phi) is 3.71. The van der Waals surface area contributed by atoms with Gasteiger partial charge in [0, 0.05) is 19.3 Å². The Morgan fingerprint density at radius 2 is 2.38 bits per heavy atom. The summed E-state index contributed by atoms with van der Waals surface area (Å²) < 4.78 is 5.03. The zero-order valence-electron chi connectivity index (χ0n) is 8.37. The van der Waals surface area contributed by atoms with Crippen molar-refractivity contribution in [2.75, 3.05) is 19.0 Å². The first-order valence-electron chi connectivity index (χ1n) is 4.40. The molecule has 0 aliphatic heterocycles. The number of pyridine rings is 1. The summed E-state index contributed by atoms with van der Waals surface area (Å²) in [5.41, 5.74) is 2.28. The Labute approximate surface area is 79.1 Å². The van der Waals surface area contributed by atoms with Crippen LogP contribution in [0.2, 0.25) is 0 Å². The normalized spacial score (nSPS) is 12.5. The van der Waals surface area contributed by atoms with E-state index >= 15 is 0 Å². The third-order valence-electron chi connectivity index (χ3n) is 1.86. The number of nitrogens with one attached hydrogen (secondary N) is 1. The summed E-state index contributed by atoms with van der Waals surface area (Å²) in [6, 6.07) is 2.30. The van der Waals surface area contributed by atoms with Crippen LogP contribution in [0.25, 0.3) is 0 Å². The molecule has 0 aliphatic rings. The molecule has 0 aromatic carbocycles. The van der Waals surface area contributed by atoms with E-state index < -0.39 is 0 Å². The SMILES string of the molecule is COCC(C)Nc1cnccc1C. The minimum Gasteiger partial charge on any atom is -0.383 e. The van der Waals surface area contributed by atoms with Crippen LogP contribution in [0.3, 0.4) is 0 Å². The van der Waals surface area contributed by atoms with Crippen LogP contribution in [-0.4, -0.2) is 24.7 Å². The van der Waals surface area contributed by atoms with E-state index in [0.717, 1.165) is 5.69 Å². The van der Waals surface area contributed by atoms with Gasteiger partial charge in [-0.05, 0) is 25.5 Å². The topological polar surface area (TPSA) is 34.1 Å². The van der Waals surface area contributed by atoms with Gasteiger partial charge >= 0.3 is 0 Å². The van der Waals surface area contributed by atoms with Crippen molar-refractivity contribution in [2.45, 2.75) is 19.9 Å². The standard InChI is InChI=1S/C10H16N2O/c1-8-4-5-11-6-10(8)12-9(2)7-13-3/h4-6,9,12H,7H2,1-3H3. The van der Waals surface area contributed by atoms with Crippen LogP contribution < -0.4 is 5.32 Å². The van der Waals surface area contributed by atoms with Gasteiger partial charge in [-0.25, -0.2) is 0 Å². The highest BCUT2D eigenvalue weighted by Gasteiger charge is 2.02. The number of anilines is 1. The number of hydrogen-bond acceptors (Lipinski definition) is 3. The molecule has 1 aromatic rings. The summed E-state index contributed by atoms with van der Waals surface area (Å²) in [4.78, 5) is 4.06. The predicted molar refractivity (Wildman–Crippen MR) is 53.9 cm³/mol. The van der Waals surface area contributed by atoms with E-state index in [1.807, 2.05) is 12.3 Å². The number of hydrogen-bond donors (Lipinski definition) is 1. The highest BCUT2D eigenvalue weighted by atomic mass is 16.5. The molecule has 1 rings (SSSR count). The van der Waals surface area contributed by atoms with Gasteiger partial charge in [0.15, 0.2) is 0 Å². The molecule has 72 valence electrons. The molecule has 1 unspecified atom stereocenters. The lowest BCUT2D eigenvalue weighted by molar-refractivity contribution is 0.190. The fourth-order valence-electron chi connectivity index (χ4n) is 1.17.